The normalized spacial score (nSPS) is 12.0. The largest absolute Gasteiger partial charge is 0.161 e. The molecule has 0 bridgehead atoms. The van der Waals surface area contributed by atoms with E-state index in [2.05, 4.69) is 47.3 Å². The lowest BCUT2D eigenvalue weighted by Crippen LogP contribution is -2.19. The van der Waals surface area contributed by atoms with E-state index in [4.69, 9.17) is 0 Å². The molecule has 0 heterocycles. The number of halogens is 1. The first-order valence-corrected chi connectivity index (χ1v) is 9.68. The maximum absolute atomic E-state index is 3.42. The minimum atomic E-state index is -0.743. The summed E-state index contributed by atoms with van der Waals surface area (Å²) < 4.78 is 0. The minimum Gasteiger partial charge on any atom is -0.161 e. The fraction of sp³-hybridized carbons (Fsp3) is 1.00. The van der Waals surface area contributed by atoms with Crippen LogP contribution >= 0.6 is 27.7 Å². The van der Waals surface area contributed by atoms with Crippen LogP contribution in [0.1, 0.15) is 0 Å². The van der Waals surface area contributed by atoms with Gasteiger partial charge in [-0.3, -0.25) is 0 Å². The molecule has 0 aliphatic carbocycles. The third kappa shape index (κ3) is 9.05. The average molecular weight is 241 g/mol. The second kappa shape index (κ2) is 5.67. The molecule has 62 valence electrons. The van der Waals surface area contributed by atoms with Crippen LogP contribution in [0.25, 0.3) is 0 Å². The molecular formula is C7H17BrSSi. The van der Waals surface area contributed by atoms with Crippen LogP contribution in [0.15, 0.2) is 0 Å². The summed E-state index contributed by atoms with van der Waals surface area (Å²) in [7, 11) is -0.743. The highest BCUT2D eigenvalue weighted by Gasteiger charge is 2.11. The van der Waals surface area contributed by atoms with Crippen LogP contribution in [-0.4, -0.2) is 24.9 Å². The van der Waals surface area contributed by atoms with Gasteiger partial charge in [0, 0.05) is 19.2 Å². The van der Waals surface area contributed by atoms with Gasteiger partial charge >= 0.3 is 0 Å². The van der Waals surface area contributed by atoms with Crippen LogP contribution in [0, 0.1) is 0 Å². The predicted molar refractivity (Wildman–Crippen MR) is 59.3 cm³/mol. The van der Waals surface area contributed by atoms with E-state index in [-0.39, 0.29) is 0 Å². The van der Waals surface area contributed by atoms with Crippen molar-refractivity contribution < 1.29 is 0 Å². The first-order chi connectivity index (χ1) is 4.56. The summed E-state index contributed by atoms with van der Waals surface area (Å²) in [4.78, 5) is 0. The maximum atomic E-state index is 3.42. The van der Waals surface area contributed by atoms with Crippen LogP contribution in [0.3, 0.4) is 0 Å². The van der Waals surface area contributed by atoms with E-state index in [0.717, 1.165) is 5.33 Å². The van der Waals surface area contributed by atoms with Crippen molar-refractivity contribution in [1.82, 2.24) is 0 Å². The molecular weight excluding hydrogens is 224 g/mol. The number of hydrogen-bond donors (Lipinski definition) is 0. The summed E-state index contributed by atoms with van der Waals surface area (Å²) in [5, 5.41) is 1.14. The van der Waals surface area contributed by atoms with E-state index in [0.29, 0.717) is 0 Å². The number of alkyl halides is 1. The third-order valence-corrected chi connectivity index (χ3v) is 5.24. The molecule has 0 nitrogen and oxygen atoms in total. The Kier molecular flexibility index (Phi) is 6.26. The zero-order valence-corrected chi connectivity index (χ0v) is 10.5. The third-order valence-electron chi connectivity index (χ3n) is 1.22. The Morgan fingerprint density at radius 2 is 1.80 bits per heavy atom. The van der Waals surface area contributed by atoms with E-state index < -0.39 is 8.07 Å². The minimum absolute atomic E-state index is 0.743. The SMILES string of the molecule is C[Si](C)(C)CCSCCBr. The van der Waals surface area contributed by atoms with Gasteiger partial charge in [-0.25, -0.2) is 0 Å². The fourth-order valence-electron chi connectivity index (χ4n) is 0.535. The van der Waals surface area contributed by atoms with Crippen LogP contribution < -0.4 is 0 Å². The average Bonchev–Trinajstić information content (AvgIpc) is 1.78. The Morgan fingerprint density at radius 1 is 1.20 bits per heavy atom. The highest BCUT2D eigenvalue weighted by atomic mass is 79.9. The molecule has 0 N–H and O–H groups in total. The first-order valence-electron chi connectivity index (χ1n) is 3.70. The van der Waals surface area contributed by atoms with Crippen LogP contribution in [0.5, 0.6) is 0 Å². The monoisotopic (exact) mass is 240 g/mol. The maximum Gasteiger partial charge on any atom is 0.0450 e. The number of thioether (sulfide) groups is 1. The molecule has 0 aromatic carbocycles. The van der Waals surface area contributed by atoms with E-state index in [1.165, 1.54) is 17.5 Å². The standard InChI is InChI=1S/C7H17BrSSi/c1-10(2,3)7-6-9-5-4-8/h4-7H2,1-3H3. The Morgan fingerprint density at radius 3 is 2.20 bits per heavy atom. The summed E-state index contributed by atoms with van der Waals surface area (Å²) in [6, 6.07) is 1.46. The summed E-state index contributed by atoms with van der Waals surface area (Å²) >= 11 is 5.49. The smallest absolute Gasteiger partial charge is 0.0450 e. The first kappa shape index (κ1) is 11.0. The summed E-state index contributed by atoms with van der Waals surface area (Å²) in [5.74, 6) is 2.63. The van der Waals surface area contributed by atoms with Crippen molar-refractivity contribution in [2.24, 2.45) is 0 Å². The quantitative estimate of drug-likeness (QED) is 0.403. The summed E-state index contributed by atoms with van der Waals surface area (Å²) in [5.41, 5.74) is 0. The van der Waals surface area contributed by atoms with E-state index in [9.17, 15) is 0 Å². The molecule has 10 heavy (non-hydrogen) atoms. The molecule has 0 saturated carbocycles. The van der Waals surface area contributed by atoms with E-state index >= 15 is 0 Å². The van der Waals surface area contributed by atoms with Gasteiger partial charge in [-0.1, -0.05) is 35.6 Å². The van der Waals surface area contributed by atoms with Crippen LogP contribution in [-0.2, 0) is 0 Å². The fourth-order valence-corrected chi connectivity index (χ4v) is 4.56. The predicted octanol–water partition coefficient (Wildman–Crippen LogP) is 3.45. The molecule has 0 spiro atoms. The number of hydrogen-bond acceptors (Lipinski definition) is 1. The number of rotatable bonds is 5. The molecule has 0 radical (unpaired) electrons. The van der Waals surface area contributed by atoms with Crippen molar-refractivity contribution in [3.63, 3.8) is 0 Å². The van der Waals surface area contributed by atoms with Crippen molar-refractivity contribution in [3.8, 4) is 0 Å². The van der Waals surface area contributed by atoms with Crippen molar-refractivity contribution in [2.45, 2.75) is 25.7 Å². The summed E-state index contributed by atoms with van der Waals surface area (Å²) in [6.45, 7) is 7.30. The van der Waals surface area contributed by atoms with Gasteiger partial charge in [0.25, 0.3) is 0 Å². The highest BCUT2D eigenvalue weighted by molar-refractivity contribution is 9.09. The van der Waals surface area contributed by atoms with Gasteiger partial charge in [0.1, 0.15) is 0 Å². The molecule has 0 fully saturated rings. The van der Waals surface area contributed by atoms with Gasteiger partial charge in [0.15, 0.2) is 0 Å². The molecule has 0 unspecified atom stereocenters. The Balaban J connectivity index is 3.04. The van der Waals surface area contributed by atoms with E-state index in [1.807, 2.05) is 0 Å². The van der Waals surface area contributed by atoms with Gasteiger partial charge in [-0.2, -0.15) is 11.8 Å². The highest BCUT2D eigenvalue weighted by Crippen LogP contribution is 2.13. The van der Waals surface area contributed by atoms with Crippen molar-refractivity contribution in [3.05, 3.63) is 0 Å². The zero-order valence-electron chi connectivity index (χ0n) is 7.11. The lowest BCUT2D eigenvalue weighted by Gasteiger charge is -2.14. The second-order valence-electron chi connectivity index (χ2n) is 3.61. The molecule has 0 aliphatic rings. The molecule has 0 rings (SSSR count). The molecule has 3 heteroatoms. The Bertz CT molecular complexity index is 80.2. The zero-order chi connectivity index (χ0) is 8.04. The second-order valence-corrected chi connectivity index (χ2v) is 11.3. The van der Waals surface area contributed by atoms with Gasteiger partial charge < -0.3 is 0 Å². The lowest BCUT2D eigenvalue weighted by atomic mass is 10.9. The summed E-state index contributed by atoms with van der Waals surface area (Å²) in [6.07, 6.45) is 0. The molecule has 0 amide bonds. The van der Waals surface area contributed by atoms with Crippen LogP contribution in [0.2, 0.25) is 25.7 Å². The van der Waals surface area contributed by atoms with E-state index in [1.54, 1.807) is 0 Å². The van der Waals surface area contributed by atoms with Crippen molar-refractivity contribution in [2.75, 3.05) is 16.8 Å². The van der Waals surface area contributed by atoms with Crippen molar-refractivity contribution in [1.29, 1.82) is 0 Å². The lowest BCUT2D eigenvalue weighted by molar-refractivity contribution is 1.37. The molecule has 0 aromatic rings. The Labute approximate surface area is 78.3 Å². The van der Waals surface area contributed by atoms with Crippen molar-refractivity contribution >= 4 is 35.8 Å². The molecule has 0 aromatic heterocycles. The topological polar surface area (TPSA) is 0 Å². The molecule has 0 aliphatic heterocycles. The Hall–Kier alpha value is 1.05. The molecule has 0 atom stereocenters. The van der Waals surface area contributed by atoms with Gasteiger partial charge in [-0.05, 0) is 11.8 Å². The van der Waals surface area contributed by atoms with Gasteiger partial charge in [-0.15, -0.1) is 0 Å². The molecule has 0 saturated heterocycles. The van der Waals surface area contributed by atoms with Crippen LogP contribution in [0.4, 0.5) is 0 Å². The van der Waals surface area contributed by atoms with Gasteiger partial charge in [0.2, 0.25) is 0 Å². The van der Waals surface area contributed by atoms with Gasteiger partial charge in [0.05, 0.1) is 0 Å².